The number of halogens is 1. The monoisotopic (exact) mass is 319 g/mol. The topological polar surface area (TPSA) is 46.2 Å². The lowest BCUT2D eigenvalue weighted by molar-refractivity contribution is -0.121. The summed E-state index contributed by atoms with van der Waals surface area (Å²) in [5, 5.41) is 2.53. The third-order valence-corrected chi connectivity index (χ3v) is 6.39. The summed E-state index contributed by atoms with van der Waals surface area (Å²) in [6.45, 7) is 1.73. The van der Waals surface area contributed by atoms with Crippen molar-refractivity contribution in [3.8, 4) is 0 Å². The summed E-state index contributed by atoms with van der Waals surface area (Å²) >= 11 is 7.26. The van der Waals surface area contributed by atoms with Crippen LogP contribution >= 0.6 is 22.9 Å². The fourth-order valence-electron chi connectivity index (χ4n) is 2.20. The van der Waals surface area contributed by atoms with E-state index in [-0.39, 0.29) is 11.9 Å². The van der Waals surface area contributed by atoms with E-state index < -0.39 is 16.0 Å². The third-order valence-electron chi connectivity index (χ3n) is 3.38. The SMILES string of the molecule is C[C@@H](C(=O)NC1CCCC1)[S@](=O)Cc1ccc(Cl)s1. The van der Waals surface area contributed by atoms with Gasteiger partial charge < -0.3 is 5.32 Å². The van der Waals surface area contributed by atoms with Crippen LogP contribution in [0.1, 0.15) is 37.5 Å². The number of carbonyl (C=O) groups is 1. The molecule has 1 fully saturated rings. The van der Waals surface area contributed by atoms with Crippen molar-refractivity contribution in [1.82, 2.24) is 5.32 Å². The van der Waals surface area contributed by atoms with Crippen molar-refractivity contribution in [3.05, 3.63) is 21.3 Å². The van der Waals surface area contributed by atoms with E-state index in [1.807, 2.05) is 6.07 Å². The maximum absolute atomic E-state index is 12.2. The zero-order valence-corrected chi connectivity index (χ0v) is 13.2. The lowest BCUT2D eigenvalue weighted by Gasteiger charge is -2.16. The van der Waals surface area contributed by atoms with Crippen LogP contribution in [0, 0.1) is 0 Å². The van der Waals surface area contributed by atoms with Crippen molar-refractivity contribution in [2.24, 2.45) is 0 Å². The highest BCUT2D eigenvalue weighted by Crippen LogP contribution is 2.23. The minimum atomic E-state index is -1.19. The van der Waals surface area contributed by atoms with Crippen LogP contribution in [-0.2, 0) is 21.3 Å². The van der Waals surface area contributed by atoms with Crippen molar-refractivity contribution >= 4 is 39.6 Å². The first kappa shape index (κ1) is 15.0. The highest BCUT2D eigenvalue weighted by molar-refractivity contribution is 7.85. The Labute approximate surface area is 125 Å². The van der Waals surface area contributed by atoms with Crippen molar-refractivity contribution in [1.29, 1.82) is 0 Å². The second-order valence-corrected chi connectivity index (χ2v) is 8.42. The molecule has 106 valence electrons. The van der Waals surface area contributed by atoms with Gasteiger partial charge in [-0.3, -0.25) is 9.00 Å². The average molecular weight is 320 g/mol. The van der Waals surface area contributed by atoms with Crippen LogP contribution in [0.25, 0.3) is 0 Å². The summed E-state index contributed by atoms with van der Waals surface area (Å²) in [6, 6.07) is 3.94. The summed E-state index contributed by atoms with van der Waals surface area (Å²) in [5.74, 6) is 0.310. The first-order chi connectivity index (χ1) is 9.06. The highest BCUT2D eigenvalue weighted by atomic mass is 35.5. The minimum Gasteiger partial charge on any atom is -0.352 e. The largest absolute Gasteiger partial charge is 0.352 e. The lowest BCUT2D eigenvalue weighted by Crippen LogP contribution is -2.40. The molecule has 0 aromatic carbocycles. The molecule has 1 aromatic rings. The molecule has 1 amide bonds. The fraction of sp³-hybridized carbons (Fsp3) is 0.615. The predicted octanol–water partition coefficient (Wildman–Crippen LogP) is 3.10. The van der Waals surface area contributed by atoms with Crippen LogP contribution in [0.4, 0.5) is 0 Å². The van der Waals surface area contributed by atoms with Gasteiger partial charge in [-0.15, -0.1) is 11.3 Å². The Hall–Kier alpha value is -0.390. The van der Waals surface area contributed by atoms with Crippen LogP contribution in [0.5, 0.6) is 0 Å². The zero-order chi connectivity index (χ0) is 13.8. The smallest absolute Gasteiger partial charge is 0.235 e. The van der Waals surface area contributed by atoms with Crippen molar-refractivity contribution in [2.75, 3.05) is 0 Å². The second-order valence-electron chi connectivity index (χ2n) is 4.86. The first-order valence-corrected chi connectivity index (χ1v) is 9.05. The van der Waals surface area contributed by atoms with Crippen molar-refractivity contribution in [3.63, 3.8) is 0 Å². The van der Waals surface area contributed by atoms with E-state index in [0.29, 0.717) is 10.1 Å². The molecule has 2 rings (SSSR count). The maximum atomic E-state index is 12.2. The number of thiophene rings is 1. The Morgan fingerprint density at radius 3 is 2.79 bits per heavy atom. The molecule has 1 aliphatic carbocycles. The molecule has 3 nitrogen and oxygen atoms in total. The molecule has 2 atom stereocenters. The molecule has 1 N–H and O–H groups in total. The number of amides is 1. The van der Waals surface area contributed by atoms with Gasteiger partial charge in [-0.1, -0.05) is 24.4 Å². The molecular weight excluding hydrogens is 302 g/mol. The average Bonchev–Trinajstić information content (AvgIpc) is 3.00. The number of hydrogen-bond acceptors (Lipinski definition) is 3. The summed E-state index contributed by atoms with van der Waals surface area (Å²) in [7, 11) is -1.19. The molecule has 0 aliphatic heterocycles. The Balaban J connectivity index is 1.85. The summed E-state index contributed by atoms with van der Waals surface area (Å²) < 4.78 is 12.8. The highest BCUT2D eigenvalue weighted by Gasteiger charge is 2.24. The lowest BCUT2D eigenvalue weighted by atomic mass is 10.2. The third kappa shape index (κ3) is 4.29. The standard InChI is InChI=1S/C13H18ClNO2S2/c1-9(13(16)15-10-4-2-3-5-10)19(17)8-11-6-7-12(14)18-11/h6-7,9-10H,2-5,8H2,1H3,(H,15,16)/t9-,19+/m0/s1. The van der Waals surface area contributed by atoms with E-state index >= 15 is 0 Å². The molecule has 6 heteroatoms. The van der Waals surface area contributed by atoms with Crippen molar-refractivity contribution < 1.29 is 9.00 Å². The molecule has 19 heavy (non-hydrogen) atoms. The van der Waals surface area contributed by atoms with E-state index in [0.717, 1.165) is 17.7 Å². The van der Waals surface area contributed by atoms with Crippen LogP contribution in [0.3, 0.4) is 0 Å². The van der Waals surface area contributed by atoms with Gasteiger partial charge in [-0.25, -0.2) is 0 Å². The van der Waals surface area contributed by atoms with Gasteiger partial charge in [0.2, 0.25) is 5.91 Å². The molecule has 0 unspecified atom stereocenters. The fourth-order valence-corrected chi connectivity index (χ4v) is 4.60. The van der Waals surface area contributed by atoms with Crippen LogP contribution in [0.15, 0.2) is 12.1 Å². The van der Waals surface area contributed by atoms with Gasteiger partial charge in [0.15, 0.2) is 0 Å². The normalized spacial score (nSPS) is 19.3. The van der Waals surface area contributed by atoms with Gasteiger partial charge in [0.05, 0.1) is 10.1 Å². The summed E-state index contributed by atoms with van der Waals surface area (Å²) in [5.41, 5.74) is 0. The Morgan fingerprint density at radius 1 is 1.53 bits per heavy atom. The molecule has 1 aliphatic rings. The van der Waals surface area contributed by atoms with E-state index in [9.17, 15) is 9.00 Å². The van der Waals surface area contributed by atoms with Gasteiger partial charge in [-0.2, -0.15) is 0 Å². The van der Waals surface area contributed by atoms with E-state index in [4.69, 9.17) is 11.6 Å². The molecule has 0 saturated heterocycles. The van der Waals surface area contributed by atoms with Gasteiger partial charge in [0.1, 0.15) is 5.25 Å². The number of rotatable bonds is 5. The zero-order valence-electron chi connectivity index (χ0n) is 10.9. The van der Waals surface area contributed by atoms with Gasteiger partial charge in [0.25, 0.3) is 0 Å². The quantitative estimate of drug-likeness (QED) is 0.906. The molecule has 0 radical (unpaired) electrons. The molecule has 1 aromatic heterocycles. The van der Waals surface area contributed by atoms with Gasteiger partial charge in [-0.05, 0) is 31.9 Å². The molecular formula is C13H18ClNO2S2. The number of hydrogen-bond donors (Lipinski definition) is 1. The van der Waals surface area contributed by atoms with Crippen LogP contribution in [-0.4, -0.2) is 21.4 Å². The van der Waals surface area contributed by atoms with Gasteiger partial charge in [0, 0.05) is 21.7 Å². The molecule has 0 bridgehead atoms. The van der Waals surface area contributed by atoms with Crippen molar-refractivity contribution in [2.45, 2.75) is 49.7 Å². The molecule has 0 spiro atoms. The first-order valence-electron chi connectivity index (χ1n) is 6.48. The second kappa shape index (κ2) is 6.86. The molecule has 1 saturated carbocycles. The van der Waals surface area contributed by atoms with E-state index in [1.54, 1.807) is 13.0 Å². The predicted molar refractivity (Wildman–Crippen MR) is 81.0 cm³/mol. The van der Waals surface area contributed by atoms with Crippen LogP contribution < -0.4 is 5.32 Å². The summed E-state index contributed by atoms with van der Waals surface area (Å²) in [4.78, 5) is 13.0. The van der Waals surface area contributed by atoms with Gasteiger partial charge >= 0.3 is 0 Å². The van der Waals surface area contributed by atoms with E-state index in [1.165, 1.54) is 24.2 Å². The Kier molecular flexibility index (Phi) is 5.42. The summed E-state index contributed by atoms with van der Waals surface area (Å²) in [6.07, 6.45) is 4.45. The number of carbonyl (C=O) groups excluding carboxylic acids is 1. The molecule has 1 heterocycles. The number of nitrogens with one attached hydrogen (secondary N) is 1. The Bertz CT molecular complexity index is 469. The maximum Gasteiger partial charge on any atom is 0.235 e. The van der Waals surface area contributed by atoms with Crippen LogP contribution in [0.2, 0.25) is 4.34 Å². The van der Waals surface area contributed by atoms with E-state index in [2.05, 4.69) is 5.32 Å². The minimum absolute atomic E-state index is 0.0899. The Morgan fingerprint density at radius 2 is 2.21 bits per heavy atom.